The summed E-state index contributed by atoms with van der Waals surface area (Å²) in [5.74, 6) is 0. The highest BCUT2D eigenvalue weighted by Crippen LogP contribution is 2.40. The van der Waals surface area contributed by atoms with E-state index in [0.29, 0.717) is 6.42 Å². The second kappa shape index (κ2) is 14.2. The molecule has 1 aliphatic rings. The van der Waals surface area contributed by atoms with Gasteiger partial charge in [0.1, 0.15) is 6.10 Å². The van der Waals surface area contributed by atoms with E-state index in [9.17, 15) is 4.79 Å². The first kappa shape index (κ1) is 34.6. The number of carbonyl (C=O) groups is 1. The molecule has 0 spiro atoms. The number of cyclic esters (lactones) is 2. The van der Waals surface area contributed by atoms with Crippen molar-refractivity contribution in [2.75, 3.05) is 6.61 Å². The molecule has 0 saturated carbocycles. The Kier molecular flexibility index (Phi) is 10.4. The van der Waals surface area contributed by atoms with E-state index < -0.39 is 41.1 Å². The SMILES string of the molecule is C=C[C@H]1C[C@H](O[Si](c2ccccc2)(c2ccccc2)C(C)(C)C)[C@@H](CO[Si](c2ccccc2)(c2ccccc2)C(C)(C)C)OC(=O)O1. The second-order valence-corrected chi connectivity index (χ2v) is 22.9. The van der Waals surface area contributed by atoms with Crippen LogP contribution in [0, 0.1) is 0 Å². The number of hydrogen-bond donors (Lipinski definition) is 0. The summed E-state index contributed by atoms with van der Waals surface area (Å²) in [6, 6.07) is 42.0. The molecule has 0 radical (unpaired) electrons. The monoisotopic (exact) mass is 664 g/mol. The van der Waals surface area contributed by atoms with Crippen LogP contribution in [0.1, 0.15) is 48.0 Å². The molecule has 5 nitrogen and oxygen atoms in total. The Balaban J connectivity index is 1.64. The Labute approximate surface area is 282 Å². The third-order valence-electron chi connectivity index (χ3n) is 9.26. The number of benzene rings is 4. The average molecular weight is 665 g/mol. The first-order valence-corrected chi connectivity index (χ1v) is 20.3. The topological polar surface area (TPSA) is 54.0 Å². The molecule has 246 valence electrons. The van der Waals surface area contributed by atoms with Crippen molar-refractivity contribution in [1.82, 2.24) is 0 Å². The first-order chi connectivity index (χ1) is 22.4. The van der Waals surface area contributed by atoms with Gasteiger partial charge < -0.3 is 18.3 Å². The molecule has 47 heavy (non-hydrogen) atoms. The van der Waals surface area contributed by atoms with Crippen LogP contribution in [0.4, 0.5) is 4.79 Å². The van der Waals surface area contributed by atoms with Crippen molar-refractivity contribution in [3.63, 3.8) is 0 Å². The minimum absolute atomic E-state index is 0.148. The van der Waals surface area contributed by atoms with Crippen LogP contribution in [0.25, 0.3) is 0 Å². The molecule has 0 bridgehead atoms. The van der Waals surface area contributed by atoms with Gasteiger partial charge >= 0.3 is 6.16 Å². The van der Waals surface area contributed by atoms with Crippen LogP contribution >= 0.6 is 0 Å². The van der Waals surface area contributed by atoms with Gasteiger partial charge in [0.25, 0.3) is 16.6 Å². The lowest BCUT2D eigenvalue weighted by Crippen LogP contribution is -2.69. The summed E-state index contributed by atoms with van der Waals surface area (Å²) in [6.45, 7) is 17.6. The average Bonchev–Trinajstić information content (AvgIpc) is 3.21. The van der Waals surface area contributed by atoms with Crippen molar-refractivity contribution in [2.24, 2.45) is 0 Å². The fourth-order valence-electron chi connectivity index (χ4n) is 7.08. The summed E-state index contributed by atoms with van der Waals surface area (Å²) in [5.41, 5.74) is 0. The molecule has 0 aliphatic carbocycles. The van der Waals surface area contributed by atoms with Crippen molar-refractivity contribution in [1.29, 1.82) is 0 Å². The molecule has 4 aromatic rings. The number of rotatable bonds is 10. The molecule has 1 aliphatic heterocycles. The Morgan fingerprint density at radius 1 is 0.660 bits per heavy atom. The maximum atomic E-state index is 13.2. The van der Waals surface area contributed by atoms with Crippen LogP contribution in [-0.4, -0.2) is 47.7 Å². The molecular weight excluding hydrogens is 617 g/mol. The van der Waals surface area contributed by atoms with E-state index in [-0.39, 0.29) is 16.7 Å². The minimum Gasteiger partial charge on any atom is -0.427 e. The van der Waals surface area contributed by atoms with E-state index in [1.165, 1.54) is 0 Å². The van der Waals surface area contributed by atoms with Gasteiger partial charge in [-0.1, -0.05) is 176 Å². The summed E-state index contributed by atoms with van der Waals surface area (Å²) in [4.78, 5) is 13.2. The van der Waals surface area contributed by atoms with E-state index in [0.717, 1.165) is 20.7 Å². The van der Waals surface area contributed by atoms with Gasteiger partial charge in [-0.15, -0.1) is 0 Å². The Hall–Kier alpha value is -3.76. The molecule has 1 saturated heterocycles. The molecule has 0 N–H and O–H groups in total. The minimum atomic E-state index is -3.03. The van der Waals surface area contributed by atoms with E-state index in [1.54, 1.807) is 6.08 Å². The quantitative estimate of drug-likeness (QED) is 0.104. The normalized spacial score (nSPS) is 19.3. The summed E-state index contributed by atoms with van der Waals surface area (Å²) < 4.78 is 26.8. The summed E-state index contributed by atoms with van der Waals surface area (Å²) >= 11 is 0. The Morgan fingerprint density at radius 3 is 1.40 bits per heavy atom. The molecule has 4 aromatic carbocycles. The second-order valence-electron chi connectivity index (χ2n) is 14.3. The first-order valence-electron chi connectivity index (χ1n) is 16.5. The Morgan fingerprint density at radius 2 is 1.04 bits per heavy atom. The number of carbonyl (C=O) groups excluding carboxylic acids is 1. The van der Waals surface area contributed by atoms with Crippen LogP contribution in [0.2, 0.25) is 10.1 Å². The lowest BCUT2D eigenvalue weighted by atomic mass is 10.1. The number of ether oxygens (including phenoxy) is 2. The van der Waals surface area contributed by atoms with Crippen LogP contribution in [-0.2, 0) is 18.3 Å². The van der Waals surface area contributed by atoms with E-state index >= 15 is 0 Å². The molecule has 1 fully saturated rings. The van der Waals surface area contributed by atoms with Gasteiger partial charge in [0.05, 0.1) is 12.7 Å². The van der Waals surface area contributed by atoms with Crippen molar-refractivity contribution in [3.8, 4) is 0 Å². The smallest absolute Gasteiger partial charge is 0.427 e. The molecular formula is C40H48O5Si2. The lowest BCUT2D eigenvalue weighted by Gasteiger charge is -2.47. The summed E-state index contributed by atoms with van der Waals surface area (Å²) in [6.07, 6.45) is -0.504. The van der Waals surface area contributed by atoms with E-state index in [4.69, 9.17) is 18.3 Å². The van der Waals surface area contributed by atoms with Gasteiger partial charge in [-0.3, -0.25) is 0 Å². The summed E-state index contributed by atoms with van der Waals surface area (Å²) in [7, 11) is -5.98. The highest BCUT2D eigenvalue weighted by Gasteiger charge is 2.55. The molecule has 3 atom stereocenters. The lowest BCUT2D eigenvalue weighted by molar-refractivity contribution is -0.0192. The van der Waals surface area contributed by atoms with Crippen LogP contribution in [0.15, 0.2) is 134 Å². The predicted octanol–water partition coefficient (Wildman–Crippen LogP) is 6.99. The van der Waals surface area contributed by atoms with Crippen molar-refractivity contribution in [2.45, 2.75) is 76.4 Å². The van der Waals surface area contributed by atoms with Gasteiger partial charge in [-0.2, -0.15) is 0 Å². The van der Waals surface area contributed by atoms with Crippen molar-refractivity contribution < 1.29 is 23.1 Å². The van der Waals surface area contributed by atoms with Crippen LogP contribution < -0.4 is 20.7 Å². The van der Waals surface area contributed by atoms with Crippen LogP contribution in [0.3, 0.4) is 0 Å². The highest BCUT2D eigenvalue weighted by atomic mass is 28.4. The molecule has 5 rings (SSSR count). The van der Waals surface area contributed by atoms with Crippen molar-refractivity contribution in [3.05, 3.63) is 134 Å². The third kappa shape index (κ3) is 6.95. The molecule has 0 amide bonds. The number of hydrogen-bond acceptors (Lipinski definition) is 5. The molecule has 0 aromatic heterocycles. The fourth-order valence-corrected chi connectivity index (χ4v) is 16.4. The largest absolute Gasteiger partial charge is 0.509 e. The van der Waals surface area contributed by atoms with Gasteiger partial charge in [-0.25, -0.2) is 4.79 Å². The Bertz CT molecular complexity index is 1520. The molecule has 1 heterocycles. The highest BCUT2D eigenvalue weighted by molar-refractivity contribution is 7.00. The zero-order valence-corrected chi connectivity index (χ0v) is 30.5. The maximum absolute atomic E-state index is 13.2. The maximum Gasteiger partial charge on any atom is 0.509 e. The van der Waals surface area contributed by atoms with E-state index in [2.05, 4.69) is 145 Å². The zero-order valence-electron chi connectivity index (χ0n) is 28.5. The van der Waals surface area contributed by atoms with Crippen LogP contribution in [0.5, 0.6) is 0 Å². The standard InChI is InChI=1S/C40H48O5Si2/c1-8-31-29-36(45-47(40(5,6)7,34-25-17-11-18-26-34)35-27-19-12-20-28-35)37(44-38(41)43-31)30-42-46(39(2,3)4,32-21-13-9-14-22-32)33-23-15-10-16-24-33/h8-28,31,36-37H,1,29-30H2,2-7H3/t31-,36-,37+/m0/s1. The third-order valence-corrected chi connectivity index (χ3v) is 19.3. The fraction of sp³-hybridized carbons (Fsp3) is 0.325. The van der Waals surface area contributed by atoms with Gasteiger partial charge in [0, 0.05) is 6.42 Å². The predicted molar refractivity (Wildman–Crippen MR) is 196 cm³/mol. The van der Waals surface area contributed by atoms with Crippen molar-refractivity contribution >= 4 is 43.5 Å². The van der Waals surface area contributed by atoms with Gasteiger partial charge in [0.15, 0.2) is 6.10 Å². The van der Waals surface area contributed by atoms with Gasteiger partial charge in [-0.05, 0) is 30.8 Å². The van der Waals surface area contributed by atoms with Gasteiger partial charge in [0.2, 0.25) is 0 Å². The molecule has 7 heteroatoms. The summed E-state index contributed by atoms with van der Waals surface area (Å²) in [5, 5.41) is 4.08. The molecule has 0 unspecified atom stereocenters. The zero-order chi connectivity index (χ0) is 33.7. The van der Waals surface area contributed by atoms with E-state index in [1.807, 2.05) is 24.3 Å².